The van der Waals surface area contributed by atoms with Gasteiger partial charge in [0, 0.05) is 25.3 Å². The average molecular weight is 344 g/mol. The molecule has 134 valence electrons. The Hall–Kier alpha value is -2.21. The summed E-state index contributed by atoms with van der Waals surface area (Å²) in [5.41, 5.74) is 2.76. The average Bonchev–Trinajstić information content (AvgIpc) is 2.92. The molecule has 25 heavy (non-hydrogen) atoms. The van der Waals surface area contributed by atoms with Crippen molar-refractivity contribution < 1.29 is 9.18 Å². The fourth-order valence-electron chi connectivity index (χ4n) is 3.45. The maximum atomic E-state index is 13.3. The first kappa shape index (κ1) is 17.6. The SMILES string of the molecule is Cc1cc(F)ccc1CC(=O)N1Cc2ccnn2CCC1CN(C)C. The van der Waals surface area contributed by atoms with Gasteiger partial charge in [-0.25, -0.2) is 4.39 Å². The van der Waals surface area contributed by atoms with Crippen LogP contribution < -0.4 is 0 Å². The van der Waals surface area contributed by atoms with E-state index in [4.69, 9.17) is 0 Å². The summed E-state index contributed by atoms with van der Waals surface area (Å²) in [5, 5.41) is 4.36. The highest BCUT2D eigenvalue weighted by Gasteiger charge is 2.28. The quantitative estimate of drug-likeness (QED) is 0.854. The van der Waals surface area contributed by atoms with Crippen LogP contribution in [0.3, 0.4) is 0 Å². The van der Waals surface area contributed by atoms with Crippen molar-refractivity contribution in [3.05, 3.63) is 53.1 Å². The molecule has 0 saturated carbocycles. The molecule has 0 radical (unpaired) electrons. The molecule has 1 amide bonds. The Morgan fingerprint density at radius 3 is 2.88 bits per heavy atom. The Morgan fingerprint density at radius 1 is 1.36 bits per heavy atom. The second kappa shape index (κ2) is 7.35. The molecule has 0 aliphatic carbocycles. The summed E-state index contributed by atoms with van der Waals surface area (Å²) < 4.78 is 15.3. The maximum Gasteiger partial charge on any atom is 0.227 e. The number of amides is 1. The van der Waals surface area contributed by atoms with Crippen LogP contribution in [-0.2, 0) is 24.3 Å². The standard InChI is InChI=1S/C19H25FN4O/c1-14-10-16(20)5-4-15(14)11-19(25)23-13-18-6-8-21-24(18)9-7-17(23)12-22(2)3/h4-6,8,10,17H,7,9,11-13H2,1-3H3. The fraction of sp³-hybridized carbons (Fsp3) is 0.474. The number of aromatic nitrogens is 2. The van der Waals surface area contributed by atoms with Crippen LogP contribution in [-0.4, -0.2) is 52.2 Å². The molecular formula is C19H25FN4O. The molecule has 6 heteroatoms. The number of aryl methyl sites for hydroxylation is 2. The minimum Gasteiger partial charge on any atom is -0.332 e. The zero-order valence-electron chi connectivity index (χ0n) is 15.1. The van der Waals surface area contributed by atoms with E-state index >= 15 is 0 Å². The van der Waals surface area contributed by atoms with Gasteiger partial charge in [0.05, 0.1) is 18.7 Å². The van der Waals surface area contributed by atoms with Crippen molar-refractivity contribution in [2.75, 3.05) is 20.6 Å². The Balaban J connectivity index is 1.82. The van der Waals surface area contributed by atoms with Crippen molar-refractivity contribution in [2.45, 2.75) is 38.9 Å². The molecule has 1 aromatic heterocycles. The predicted molar refractivity (Wildman–Crippen MR) is 94.6 cm³/mol. The fourth-order valence-corrected chi connectivity index (χ4v) is 3.45. The lowest BCUT2D eigenvalue weighted by Gasteiger charge is -2.32. The minimum atomic E-state index is -0.266. The Morgan fingerprint density at radius 2 is 2.16 bits per heavy atom. The van der Waals surface area contributed by atoms with Gasteiger partial charge in [-0.15, -0.1) is 0 Å². The topological polar surface area (TPSA) is 41.4 Å². The summed E-state index contributed by atoms with van der Waals surface area (Å²) in [5.74, 6) is -0.186. The van der Waals surface area contributed by atoms with Gasteiger partial charge in [-0.3, -0.25) is 9.48 Å². The second-order valence-electron chi connectivity index (χ2n) is 7.02. The molecule has 1 atom stereocenters. The van der Waals surface area contributed by atoms with Crippen molar-refractivity contribution >= 4 is 5.91 Å². The number of hydrogen-bond donors (Lipinski definition) is 0. The Kier molecular flexibility index (Phi) is 5.18. The largest absolute Gasteiger partial charge is 0.332 e. The first-order chi connectivity index (χ1) is 11.9. The van der Waals surface area contributed by atoms with E-state index in [0.717, 1.165) is 36.3 Å². The van der Waals surface area contributed by atoms with Gasteiger partial charge in [0.15, 0.2) is 0 Å². The van der Waals surface area contributed by atoms with Gasteiger partial charge >= 0.3 is 0 Å². The smallest absolute Gasteiger partial charge is 0.227 e. The van der Waals surface area contributed by atoms with Crippen LogP contribution >= 0.6 is 0 Å². The van der Waals surface area contributed by atoms with E-state index < -0.39 is 0 Å². The van der Waals surface area contributed by atoms with Crippen LogP contribution in [0.4, 0.5) is 4.39 Å². The third-order valence-electron chi connectivity index (χ3n) is 4.79. The lowest BCUT2D eigenvalue weighted by molar-refractivity contribution is -0.133. The number of nitrogens with zero attached hydrogens (tertiary/aromatic N) is 4. The number of carbonyl (C=O) groups excluding carboxylic acids is 1. The summed E-state index contributed by atoms with van der Waals surface area (Å²) in [6.07, 6.45) is 2.96. The molecule has 0 saturated heterocycles. The van der Waals surface area contributed by atoms with Gasteiger partial charge in [-0.2, -0.15) is 5.10 Å². The molecule has 5 nitrogen and oxygen atoms in total. The lowest BCUT2D eigenvalue weighted by atomic mass is 10.0. The molecule has 1 aromatic carbocycles. The van der Waals surface area contributed by atoms with Gasteiger partial charge in [0.1, 0.15) is 5.82 Å². The molecule has 1 aliphatic rings. The third-order valence-corrected chi connectivity index (χ3v) is 4.79. The van der Waals surface area contributed by atoms with Crippen molar-refractivity contribution in [3.63, 3.8) is 0 Å². The summed E-state index contributed by atoms with van der Waals surface area (Å²) >= 11 is 0. The van der Waals surface area contributed by atoms with Crippen molar-refractivity contribution in [1.82, 2.24) is 19.6 Å². The normalized spacial score (nSPS) is 17.5. The number of halogens is 1. The van der Waals surface area contributed by atoms with Gasteiger partial charge in [0.2, 0.25) is 5.91 Å². The van der Waals surface area contributed by atoms with Crippen LogP contribution in [0, 0.1) is 12.7 Å². The third kappa shape index (κ3) is 4.07. The molecule has 0 fully saturated rings. The molecule has 0 bridgehead atoms. The van der Waals surface area contributed by atoms with Crippen molar-refractivity contribution in [2.24, 2.45) is 0 Å². The summed E-state index contributed by atoms with van der Waals surface area (Å²) in [7, 11) is 4.05. The Bertz CT molecular complexity index is 756. The van der Waals surface area contributed by atoms with Crippen molar-refractivity contribution in [3.8, 4) is 0 Å². The molecule has 2 heterocycles. The van der Waals surface area contributed by atoms with Crippen LogP contribution in [0.5, 0.6) is 0 Å². The van der Waals surface area contributed by atoms with Crippen molar-refractivity contribution in [1.29, 1.82) is 0 Å². The number of likely N-dealkylation sites (N-methyl/N-ethyl adjacent to an activating group) is 1. The first-order valence-electron chi connectivity index (χ1n) is 8.64. The molecule has 3 rings (SSSR count). The highest BCUT2D eigenvalue weighted by atomic mass is 19.1. The van der Waals surface area contributed by atoms with Gasteiger partial charge < -0.3 is 9.80 Å². The zero-order valence-corrected chi connectivity index (χ0v) is 15.1. The number of hydrogen-bond acceptors (Lipinski definition) is 3. The number of benzene rings is 1. The van der Waals surface area contributed by atoms with Crippen LogP contribution in [0.15, 0.2) is 30.5 Å². The van der Waals surface area contributed by atoms with E-state index in [9.17, 15) is 9.18 Å². The molecule has 0 N–H and O–H groups in total. The summed E-state index contributed by atoms with van der Waals surface area (Å²) in [6.45, 7) is 4.05. The van der Waals surface area contributed by atoms with Crippen LogP contribution in [0.2, 0.25) is 0 Å². The van der Waals surface area contributed by atoms with E-state index in [1.165, 1.54) is 12.1 Å². The van der Waals surface area contributed by atoms with Crippen LogP contribution in [0.25, 0.3) is 0 Å². The summed E-state index contributed by atoms with van der Waals surface area (Å²) in [6, 6.07) is 6.74. The monoisotopic (exact) mass is 344 g/mol. The number of rotatable bonds is 4. The van der Waals surface area contributed by atoms with Gasteiger partial charge in [-0.1, -0.05) is 6.07 Å². The zero-order chi connectivity index (χ0) is 18.0. The molecule has 2 aromatic rings. The summed E-state index contributed by atoms with van der Waals surface area (Å²) in [4.78, 5) is 17.1. The lowest BCUT2D eigenvalue weighted by Crippen LogP contribution is -2.45. The highest BCUT2D eigenvalue weighted by molar-refractivity contribution is 5.79. The van der Waals surface area contributed by atoms with E-state index in [-0.39, 0.29) is 17.8 Å². The van der Waals surface area contributed by atoms with Crippen LogP contribution in [0.1, 0.15) is 23.2 Å². The number of fused-ring (bicyclic) bond motifs is 1. The molecular weight excluding hydrogens is 319 g/mol. The minimum absolute atomic E-state index is 0.0798. The van der Waals surface area contributed by atoms with E-state index in [1.54, 1.807) is 12.3 Å². The first-order valence-corrected chi connectivity index (χ1v) is 8.64. The molecule has 1 unspecified atom stereocenters. The second-order valence-corrected chi connectivity index (χ2v) is 7.02. The maximum absolute atomic E-state index is 13.3. The molecule has 1 aliphatic heterocycles. The van der Waals surface area contributed by atoms with Gasteiger partial charge in [0.25, 0.3) is 0 Å². The van der Waals surface area contributed by atoms with Gasteiger partial charge in [-0.05, 0) is 56.8 Å². The Labute approximate surface area is 148 Å². The predicted octanol–water partition coefficient (Wildman–Crippen LogP) is 2.24. The van der Waals surface area contributed by atoms with E-state index in [0.29, 0.717) is 13.0 Å². The highest BCUT2D eigenvalue weighted by Crippen LogP contribution is 2.20. The van der Waals surface area contributed by atoms with E-state index in [2.05, 4.69) is 10.00 Å². The number of carbonyl (C=O) groups is 1. The molecule has 0 spiro atoms. The van der Waals surface area contributed by atoms with E-state index in [1.807, 2.05) is 36.7 Å².